The zero-order valence-corrected chi connectivity index (χ0v) is 10.1. The van der Waals surface area contributed by atoms with Crippen LogP contribution in [0.15, 0.2) is 0 Å². The lowest BCUT2D eigenvalue weighted by atomic mass is 10.3. The fourth-order valence-corrected chi connectivity index (χ4v) is 1.78. The van der Waals surface area contributed by atoms with Gasteiger partial charge in [-0.25, -0.2) is 0 Å². The minimum atomic E-state index is 0. The van der Waals surface area contributed by atoms with Crippen molar-refractivity contribution in [3.8, 4) is 0 Å². The maximum atomic E-state index is 8.75. The predicted molar refractivity (Wildman–Crippen MR) is 62.6 cm³/mol. The monoisotopic (exact) mass is 242 g/mol. The lowest BCUT2D eigenvalue weighted by Gasteiger charge is -2.34. The average molecular weight is 243 g/mol. The van der Waals surface area contributed by atoms with Gasteiger partial charge in [0, 0.05) is 38.6 Å². The van der Waals surface area contributed by atoms with Crippen LogP contribution >= 0.6 is 24.0 Å². The Bertz CT molecular complexity index is 130. The first-order valence-electron chi connectivity index (χ1n) is 4.98. The van der Waals surface area contributed by atoms with E-state index in [1.807, 2.05) is 0 Å². The lowest BCUT2D eigenvalue weighted by molar-refractivity contribution is 0.113. The van der Waals surface area contributed by atoms with Crippen molar-refractivity contribution in [2.24, 2.45) is 0 Å². The van der Waals surface area contributed by atoms with E-state index in [1.54, 1.807) is 0 Å². The summed E-state index contributed by atoms with van der Waals surface area (Å²) in [5.74, 6) is 0.761. The normalized spacial score (nSPS) is 19.3. The zero-order valence-electron chi connectivity index (χ0n) is 8.49. The molecule has 1 saturated heterocycles. The van der Waals surface area contributed by atoms with E-state index in [9.17, 15) is 0 Å². The van der Waals surface area contributed by atoms with E-state index in [2.05, 4.69) is 9.80 Å². The van der Waals surface area contributed by atoms with Crippen LogP contribution < -0.4 is 0 Å². The number of halogens is 2. The third kappa shape index (κ3) is 5.37. The summed E-state index contributed by atoms with van der Waals surface area (Å²) in [5.41, 5.74) is 0. The maximum Gasteiger partial charge on any atom is 0.0558 e. The largest absolute Gasteiger partial charge is 0.395 e. The Morgan fingerprint density at radius 3 is 1.93 bits per heavy atom. The minimum Gasteiger partial charge on any atom is -0.395 e. The molecule has 86 valence electrons. The zero-order chi connectivity index (χ0) is 9.52. The Labute approximate surface area is 97.4 Å². The highest BCUT2D eigenvalue weighted by atomic mass is 35.5. The number of nitrogens with zero attached hydrogens (tertiary/aromatic N) is 2. The van der Waals surface area contributed by atoms with Gasteiger partial charge in [-0.15, -0.1) is 24.0 Å². The van der Waals surface area contributed by atoms with Gasteiger partial charge in [0.2, 0.25) is 0 Å². The van der Waals surface area contributed by atoms with Gasteiger partial charge in [-0.05, 0) is 13.0 Å². The summed E-state index contributed by atoms with van der Waals surface area (Å²) in [4.78, 5) is 4.74. The van der Waals surface area contributed by atoms with Crippen LogP contribution in [0.4, 0.5) is 0 Å². The van der Waals surface area contributed by atoms with Crippen molar-refractivity contribution in [2.45, 2.75) is 6.42 Å². The Morgan fingerprint density at radius 1 is 1.00 bits per heavy atom. The number of piperazine rings is 1. The highest BCUT2D eigenvalue weighted by Crippen LogP contribution is 2.02. The molecule has 0 aliphatic carbocycles. The first-order chi connectivity index (χ1) is 6.36. The molecule has 0 atom stereocenters. The standard InChI is InChI=1S/C9H19ClN2O.ClH/c10-2-1-3-11-4-6-12(7-5-11)8-9-13;/h13H,1-9H2;1H. The molecule has 0 spiro atoms. The Hall–Kier alpha value is 0.460. The van der Waals surface area contributed by atoms with Gasteiger partial charge in [0.25, 0.3) is 0 Å². The molecule has 0 bridgehead atoms. The van der Waals surface area contributed by atoms with Crippen LogP contribution in [0.25, 0.3) is 0 Å². The second-order valence-corrected chi connectivity index (χ2v) is 3.83. The van der Waals surface area contributed by atoms with E-state index in [-0.39, 0.29) is 19.0 Å². The van der Waals surface area contributed by atoms with Crippen molar-refractivity contribution < 1.29 is 5.11 Å². The highest BCUT2D eigenvalue weighted by molar-refractivity contribution is 6.17. The molecule has 0 aromatic heterocycles. The van der Waals surface area contributed by atoms with Crippen LogP contribution in [0.5, 0.6) is 0 Å². The Morgan fingerprint density at radius 2 is 1.50 bits per heavy atom. The minimum absolute atomic E-state index is 0. The van der Waals surface area contributed by atoms with Crippen molar-refractivity contribution in [3.05, 3.63) is 0 Å². The summed E-state index contributed by atoms with van der Waals surface area (Å²) in [6.07, 6.45) is 1.08. The van der Waals surface area contributed by atoms with Gasteiger partial charge in [-0.3, -0.25) is 4.90 Å². The molecule has 14 heavy (non-hydrogen) atoms. The predicted octanol–water partition coefficient (Wildman–Crippen LogP) is 0.647. The third-order valence-electron chi connectivity index (χ3n) is 2.49. The number of alkyl halides is 1. The van der Waals surface area contributed by atoms with E-state index in [1.165, 1.54) is 0 Å². The number of aliphatic hydroxyl groups excluding tert-OH is 1. The third-order valence-corrected chi connectivity index (χ3v) is 2.76. The molecule has 0 aromatic carbocycles. The molecule has 0 saturated carbocycles. The molecule has 3 nitrogen and oxygen atoms in total. The molecular formula is C9H20Cl2N2O. The van der Waals surface area contributed by atoms with Crippen LogP contribution in [-0.4, -0.2) is 66.7 Å². The van der Waals surface area contributed by atoms with Crippen molar-refractivity contribution in [2.75, 3.05) is 51.8 Å². The first kappa shape index (κ1) is 14.5. The fourth-order valence-electron chi connectivity index (χ4n) is 1.66. The van der Waals surface area contributed by atoms with Crippen molar-refractivity contribution >= 4 is 24.0 Å². The van der Waals surface area contributed by atoms with Gasteiger partial charge in [-0.2, -0.15) is 0 Å². The molecule has 1 aliphatic heterocycles. The summed E-state index contributed by atoms with van der Waals surface area (Å²) >= 11 is 5.63. The summed E-state index contributed by atoms with van der Waals surface area (Å²) in [6.45, 7) is 6.64. The number of β-amino-alcohol motifs (C(OH)–C–C–N with tert-alkyl or cyclic N) is 1. The van der Waals surface area contributed by atoms with Gasteiger partial charge in [0.15, 0.2) is 0 Å². The summed E-state index contributed by atoms with van der Waals surface area (Å²) < 4.78 is 0. The molecular weight excluding hydrogens is 223 g/mol. The molecule has 0 amide bonds. The quantitative estimate of drug-likeness (QED) is 0.718. The van der Waals surface area contributed by atoms with Crippen LogP contribution in [0.2, 0.25) is 0 Å². The smallest absolute Gasteiger partial charge is 0.0558 e. The molecule has 0 radical (unpaired) electrons. The summed E-state index contributed by atoms with van der Waals surface area (Å²) in [5, 5.41) is 8.75. The molecule has 1 N–H and O–H groups in total. The van der Waals surface area contributed by atoms with Gasteiger partial charge < -0.3 is 10.0 Å². The number of hydrogen-bond acceptors (Lipinski definition) is 3. The Kier molecular flexibility index (Phi) is 9.03. The first-order valence-corrected chi connectivity index (χ1v) is 5.52. The second kappa shape index (κ2) is 8.74. The average Bonchev–Trinajstić information content (AvgIpc) is 2.17. The van der Waals surface area contributed by atoms with E-state index >= 15 is 0 Å². The van der Waals surface area contributed by atoms with E-state index in [0.717, 1.165) is 51.6 Å². The second-order valence-electron chi connectivity index (χ2n) is 3.45. The van der Waals surface area contributed by atoms with Gasteiger partial charge >= 0.3 is 0 Å². The summed E-state index contributed by atoms with van der Waals surface area (Å²) in [6, 6.07) is 0. The topological polar surface area (TPSA) is 26.7 Å². The van der Waals surface area contributed by atoms with Gasteiger partial charge in [0.05, 0.1) is 6.61 Å². The van der Waals surface area contributed by atoms with Crippen molar-refractivity contribution in [3.63, 3.8) is 0 Å². The molecule has 1 heterocycles. The van der Waals surface area contributed by atoms with Crippen LogP contribution in [0.1, 0.15) is 6.42 Å². The maximum absolute atomic E-state index is 8.75. The lowest BCUT2D eigenvalue weighted by Crippen LogP contribution is -2.47. The van der Waals surface area contributed by atoms with Gasteiger partial charge in [-0.1, -0.05) is 0 Å². The number of hydrogen-bond donors (Lipinski definition) is 1. The molecule has 1 fully saturated rings. The number of aliphatic hydroxyl groups is 1. The van der Waals surface area contributed by atoms with E-state index in [4.69, 9.17) is 16.7 Å². The van der Waals surface area contributed by atoms with Crippen LogP contribution in [0.3, 0.4) is 0 Å². The van der Waals surface area contributed by atoms with Crippen LogP contribution in [-0.2, 0) is 0 Å². The molecule has 1 rings (SSSR count). The van der Waals surface area contributed by atoms with Crippen molar-refractivity contribution in [1.29, 1.82) is 0 Å². The van der Waals surface area contributed by atoms with E-state index in [0.29, 0.717) is 0 Å². The van der Waals surface area contributed by atoms with Crippen LogP contribution in [0, 0.1) is 0 Å². The Balaban J connectivity index is 0.00000169. The molecule has 0 unspecified atom stereocenters. The molecule has 0 aromatic rings. The highest BCUT2D eigenvalue weighted by Gasteiger charge is 2.14. The summed E-state index contributed by atoms with van der Waals surface area (Å²) in [7, 11) is 0. The van der Waals surface area contributed by atoms with Gasteiger partial charge in [0.1, 0.15) is 0 Å². The molecule has 5 heteroatoms. The van der Waals surface area contributed by atoms with E-state index < -0.39 is 0 Å². The SMILES string of the molecule is Cl.OCCN1CCN(CCCCl)CC1. The number of rotatable bonds is 5. The molecule has 1 aliphatic rings. The van der Waals surface area contributed by atoms with Crippen molar-refractivity contribution in [1.82, 2.24) is 9.80 Å². The fraction of sp³-hybridized carbons (Fsp3) is 1.00.